The molecule has 3 aromatic rings. The topological polar surface area (TPSA) is 99.7 Å². The minimum atomic E-state index is -0.626. The number of carbonyl (C=O) groups is 2. The average Bonchev–Trinajstić information content (AvgIpc) is 2.71. The van der Waals surface area contributed by atoms with Crippen LogP contribution in [-0.2, 0) is 4.79 Å². The Hall–Kier alpha value is -3.07. The van der Waals surface area contributed by atoms with Crippen LogP contribution in [0.25, 0.3) is 10.8 Å². The third-order valence-corrected chi connectivity index (χ3v) is 4.64. The van der Waals surface area contributed by atoms with Crippen molar-refractivity contribution < 1.29 is 19.4 Å². The molecule has 10 heteroatoms. The molecule has 0 saturated carbocycles. The molecule has 0 unspecified atom stereocenters. The molecule has 0 aliphatic heterocycles. The van der Waals surface area contributed by atoms with Crippen molar-refractivity contribution in [3.8, 4) is 11.5 Å². The lowest BCUT2D eigenvalue weighted by molar-refractivity contribution is -0.121. The second kappa shape index (κ2) is 9.62. The molecule has 0 spiro atoms. The van der Waals surface area contributed by atoms with Crippen LogP contribution in [0.3, 0.4) is 0 Å². The molecule has 0 radical (unpaired) electrons. The number of hydrogen-bond donors (Lipinski definition) is 4. The number of nitrogens with one attached hydrogen (secondary N) is 3. The third kappa shape index (κ3) is 5.50. The van der Waals surface area contributed by atoms with Gasteiger partial charge >= 0.3 is 0 Å². The molecular formula is C20H15Cl2N3O4S. The Bertz CT molecular complexity index is 1140. The lowest BCUT2D eigenvalue weighted by Gasteiger charge is -2.12. The number of thiocarbonyl (C=S) groups is 1. The second-order valence-corrected chi connectivity index (χ2v) is 7.29. The van der Waals surface area contributed by atoms with Crippen LogP contribution in [0.5, 0.6) is 11.5 Å². The van der Waals surface area contributed by atoms with Gasteiger partial charge in [-0.25, -0.2) is 0 Å². The molecule has 3 rings (SSSR count). The summed E-state index contributed by atoms with van der Waals surface area (Å²) in [4.78, 5) is 24.3. The summed E-state index contributed by atoms with van der Waals surface area (Å²) in [5.74, 6) is -1.09. The van der Waals surface area contributed by atoms with Crippen molar-refractivity contribution in [2.45, 2.75) is 0 Å². The van der Waals surface area contributed by atoms with Gasteiger partial charge in [0.15, 0.2) is 11.7 Å². The molecule has 0 fully saturated rings. The van der Waals surface area contributed by atoms with Crippen molar-refractivity contribution in [3.05, 3.63) is 70.2 Å². The van der Waals surface area contributed by atoms with Gasteiger partial charge in [-0.15, -0.1) is 0 Å². The van der Waals surface area contributed by atoms with E-state index in [2.05, 4.69) is 16.2 Å². The van der Waals surface area contributed by atoms with Crippen LogP contribution in [0, 0.1) is 0 Å². The molecule has 7 nitrogen and oxygen atoms in total. The number of hydrazine groups is 1. The normalized spacial score (nSPS) is 10.3. The van der Waals surface area contributed by atoms with Crippen LogP contribution in [0.2, 0.25) is 10.0 Å². The van der Waals surface area contributed by atoms with Crippen LogP contribution >= 0.6 is 35.4 Å². The van der Waals surface area contributed by atoms with Crippen molar-refractivity contribution in [2.75, 3.05) is 6.61 Å². The molecule has 0 aromatic heterocycles. The molecule has 3 aromatic carbocycles. The number of halogens is 2. The molecule has 4 N–H and O–H groups in total. The fraction of sp³-hybridized carbons (Fsp3) is 0.0500. The largest absolute Gasteiger partial charge is 0.507 e. The molecule has 154 valence electrons. The monoisotopic (exact) mass is 463 g/mol. The van der Waals surface area contributed by atoms with E-state index in [9.17, 15) is 14.7 Å². The van der Waals surface area contributed by atoms with E-state index in [1.165, 1.54) is 18.2 Å². The van der Waals surface area contributed by atoms with Gasteiger partial charge in [0.1, 0.15) is 11.5 Å². The average molecular weight is 464 g/mol. The fourth-order valence-corrected chi connectivity index (χ4v) is 3.15. The highest BCUT2D eigenvalue weighted by atomic mass is 35.5. The van der Waals surface area contributed by atoms with Gasteiger partial charge in [-0.1, -0.05) is 47.5 Å². The number of aromatic hydroxyl groups is 1. The number of phenolic OH excluding ortho intramolecular Hbond substituents is 1. The summed E-state index contributed by atoms with van der Waals surface area (Å²) in [6, 6.07) is 14.9. The summed E-state index contributed by atoms with van der Waals surface area (Å²) >= 11 is 16.7. The lowest BCUT2D eigenvalue weighted by atomic mass is 10.1. The Kier molecular flexibility index (Phi) is 6.94. The summed E-state index contributed by atoms with van der Waals surface area (Å²) < 4.78 is 5.30. The summed E-state index contributed by atoms with van der Waals surface area (Å²) in [7, 11) is 0. The van der Waals surface area contributed by atoms with Gasteiger partial charge in [0, 0.05) is 5.02 Å². The molecule has 0 bridgehead atoms. The van der Waals surface area contributed by atoms with E-state index in [0.29, 0.717) is 5.02 Å². The zero-order valence-electron chi connectivity index (χ0n) is 15.2. The molecule has 0 aliphatic rings. The first kappa shape index (κ1) is 21.6. The smallest absolute Gasteiger partial charge is 0.273 e. The Balaban J connectivity index is 1.51. The van der Waals surface area contributed by atoms with Gasteiger partial charge in [-0.3, -0.25) is 25.8 Å². The molecule has 0 aliphatic carbocycles. The SMILES string of the molecule is O=C(COc1ccc(Cl)cc1Cl)NC(=S)NNC(=O)c1cc2ccccc2cc1O. The van der Waals surface area contributed by atoms with Gasteiger partial charge in [0.25, 0.3) is 11.8 Å². The highest BCUT2D eigenvalue weighted by Crippen LogP contribution is 2.27. The van der Waals surface area contributed by atoms with Crippen molar-refractivity contribution in [1.82, 2.24) is 16.2 Å². The standard InChI is InChI=1S/C20H15Cl2N3O4S/c21-13-5-6-17(15(22)9-13)29-10-18(27)23-20(30)25-24-19(28)14-7-11-3-1-2-4-12(11)8-16(14)26/h1-9,26H,10H2,(H,24,28)(H2,23,25,27,30). The first-order valence-corrected chi connectivity index (χ1v) is 9.69. The number of rotatable bonds is 4. The van der Waals surface area contributed by atoms with E-state index in [0.717, 1.165) is 10.8 Å². The van der Waals surface area contributed by atoms with Crippen LogP contribution in [0.15, 0.2) is 54.6 Å². The summed E-state index contributed by atoms with van der Waals surface area (Å²) in [5.41, 5.74) is 4.76. The maximum Gasteiger partial charge on any atom is 0.273 e. The highest BCUT2D eigenvalue weighted by molar-refractivity contribution is 7.80. The molecule has 0 atom stereocenters. The quantitative estimate of drug-likeness (QED) is 0.348. The Morgan fingerprint density at radius 3 is 2.40 bits per heavy atom. The minimum absolute atomic E-state index is 0.0519. The number of ether oxygens (including phenoxy) is 1. The van der Waals surface area contributed by atoms with E-state index in [4.69, 9.17) is 40.2 Å². The Labute approximate surface area is 186 Å². The number of carbonyl (C=O) groups excluding carboxylic acids is 2. The molecule has 0 saturated heterocycles. The van der Waals surface area contributed by atoms with E-state index in [-0.39, 0.29) is 33.8 Å². The van der Waals surface area contributed by atoms with Gasteiger partial charge in [-0.2, -0.15) is 0 Å². The Morgan fingerprint density at radius 1 is 1.00 bits per heavy atom. The minimum Gasteiger partial charge on any atom is -0.507 e. The number of hydrogen-bond acceptors (Lipinski definition) is 5. The fourth-order valence-electron chi connectivity index (χ4n) is 2.52. The molecule has 2 amide bonds. The van der Waals surface area contributed by atoms with Gasteiger partial charge in [0.05, 0.1) is 10.6 Å². The summed E-state index contributed by atoms with van der Waals surface area (Å²) in [6.07, 6.45) is 0. The number of amides is 2. The lowest BCUT2D eigenvalue weighted by Crippen LogP contribution is -2.49. The predicted molar refractivity (Wildman–Crippen MR) is 119 cm³/mol. The number of fused-ring (bicyclic) bond motifs is 1. The third-order valence-electron chi connectivity index (χ3n) is 3.90. The zero-order chi connectivity index (χ0) is 21.7. The first-order valence-electron chi connectivity index (χ1n) is 8.53. The van der Waals surface area contributed by atoms with E-state index in [1.54, 1.807) is 12.1 Å². The van der Waals surface area contributed by atoms with Gasteiger partial charge < -0.3 is 9.84 Å². The first-order chi connectivity index (χ1) is 14.3. The van der Waals surface area contributed by atoms with E-state index < -0.39 is 11.8 Å². The van der Waals surface area contributed by atoms with Gasteiger partial charge in [0.2, 0.25) is 0 Å². The van der Waals surface area contributed by atoms with Crippen LogP contribution < -0.4 is 20.9 Å². The maximum atomic E-state index is 12.3. The van der Waals surface area contributed by atoms with Crippen molar-refractivity contribution in [3.63, 3.8) is 0 Å². The van der Waals surface area contributed by atoms with Crippen molar-refractivity contribution in [1.29, 1.82) is 0 Å². The Morgan fingerprint density at radius 2 is 1.70 bits per heavy atom. The highest BCUT2D eigenvalue weighted by Gasteiger charge is 2.14. The van der Waals surface area contributed by atoms with Crippen LogP contribution in [0.4, 0.5) is 0 Å². The summed E-state index contributed by atoms with van der Waals surface area (Å²) in [5, 5.41) is 14.6. The van der Waals surface area contributed by atoms with Crippen LogP contribution in [0.1, 0.15) is 10.4 Å². The number of phenols is 1. The van der Waals surface area contributed by atoms with E-state index >= 15 is 0 Å². The van der Waals surface area contributed by atoms with Gasteiger partial charge in [-0.05, 0) is 53.3 Å². The summed E-state index contributed by atoms with van der Waals surface area (Å²) in [6.45, 7) is -0.359. The molecule has 0 heterocycles. The second-order valence-electron chi connectivity index (χ2n) is 6.04. The van der Waals surface area contributed by atoms with Crippen LogP contribution in [-0.4, -0.2) is 28.6 Å². The number of benzene rings is 3. The molecular weight excluding hydrogens is 449 g/mol. The van der Waals surface area contributed by atoms with Crippen molar-refractivity contribution >= 4 is 63.1 Å². The maximum absolute atomic E-state index is 12.3. The zero-order valence-corrected chi connectivity index (χ0v) is 17.6. The predicted octanol–water partition coefficient (Wildman–Crippen LogP) is 3.57. The van der Waals surface area contributed by atoms with Crippen molar-refractivity contribution in [2.24, 2.45) is 0 Å². The molecule has 30 heavy (non-hydrogen) atoms. The van der Waals surface area contributed by atoms with E-state index in [1.807, 2.05) is 24.3 Å².